The molecule has 1 aliphatic rings. The Hall–Kier alpha value is -2.24. The Bertz CT molecular complexity index is 795. The minimum absolute atomic E-state index is 0.455. The Balaban J connectivity index is 2.16. The third kappa shape index (κ3) is 3.05. The standard InChI is InChI=1S/C19H20ClNO4/c1-24-16-11-13(8-9-15(16)20)19(23)14-6-4-3-5-12(14)7-10-17(19)21-18(22)25-2/h3-6,8-9,11,17,23H,7,10H2,1-2H3,(H,21,22)/t17-,19+/m0/s1. The Labute approximate surface area is 151 Å². The molecule has 2 aromatic carbocycles. The molecule has 0 saturated carbocycles. The van der Waals surface area contributed by atoms with Gasteiger partial charge in [-0.05, 0) is 41.7 Å². The van der Waals surface area contributed by atoms with Gasteiger partial charge in [0, 0.05) is 0 Å². The summed E-state index contributed by atoms with van der Waals surface area (Å²) in [6.07, 6.45) is 0.745. The molecule has 1 amide bonds. The van der Waals surface area contributed by atoms with E-state index >= 15 is 0 Å². The van der Waals surface area contributed by atoms with Crippen molar-refractivity contribution in [1.29, 1.82) is 0 Å². The van der Waals surface area contributed by atoms with Crippen LogP contribution in [0.2, 0.25) is 5.02 Å². The smallest absolute Gasteiger partial charge is 0.407 e. The van der Waals surface area contributed by atoms with Crippen molar-refractivity contribution in [2.24, 2.45) is 0 Å². The van der Waals surface area contributed by atoms with E-state index in [1.165, 1.54) is 14.2 Å². The molecular formula is C19H20ClNO4. The summed E-state index contributed by atoms with van der Waals surface area (Å²) in [6.45, 7) is 0. The van der Waals surface area contributed by atoms with Crippen molar-refractivity contribution in [3.8, 4) is 5.75 Å². The lowest BCUT2D eigenvalue weighted by molar-refractivity contribution is 0.0253. The molecule has 0 radical (unpaired) electrons. The largest absolute Gasteiger partial charge is 0.495 e. The predicted molar refractivity (Wildman–Crippen MR) is 95.1 cm³/mol. The Morgan fingerprint density at radius 1 is 1.28 bits per heavy atom. The van der Waals surface area contributed by atoms with Crippen LogP contribution < -0.4 is 10.1 Å². The molecule has 0 aliphatic heterocycles. The first-order chi connectivity index (χ1) is 12.0. The number of rotatable bonds is 3. The summed E-state index contributed by atoms with van der Waals surface area (Å²) in [5, 5.41) is 15.0. The van der Waals surface area contributed by atoms with Gasteiger partial charge in [0.05, 0.1) is 25.3 Å². The van der Waals surface area contributed by atoms with Gasteiger partial charge in [-0.3, -0.25) is 0 Å². The maximum atomic E-state index is 11.8. The van der Waals surface area contributed by atoms with E-state index in [-0.39, 0.29) is 0 Å². The van der Waals surface area contributed by atoms with E-state index in [0.717, 1.165) is 17.5 Å². The fraction of sp³-hybridized carbons (Fsp3) is 0.316. The molecule has 1 aliphatic carbocycles. The van der Waals surface area contributed by atoms with Gasteiger partial charge in [-0.15, -0.1) is 0 Å². The minimum atomic E-state index is -1.42. The molecule has 0 unspecified atom stereocenters. The molecule has 2 atom stereocenters. The van der Waals surface area contributed by atoms with E-state index in [4.69, 9.17) is 21.1 Å². The molecule has 0 aromatic heterocycles. The first kappa shape index (κ1) is 17.6. The fourth-order valence-electron chi connectivity index (χ4n) is 3.44. The van der Waals surface area contributed by atoms with E-state index in [1.54, 1.807) is 18.2 Å². The molecule has 0 heterocycles. The number of nitrogens with one attached hydrogen (secondary N) is 1. The van der Waals surface area contributed by atoms with Gasteiger partial charge in [-0.2, -0.15) is 0 Å². The number of carbonyl (C=O) groups excluding carboxylic acids is 1. The number of aryl methyl sites for hydroxylation is 1. The lowest BCUT2D eigenvalue weighted by Gasteiger charge is -2.42. The summed E-state index contributed by atoms with van der Waals surface area (Å²) in [5.41, 5.74) is 0.983. The second-order valence-electron chi connectivity index (χ2n) is 6.00. The van der Waals surface area contributed by atoms with Crippen LogP contribution in [0.3, 0.4) is 0 Å². The normalized spacial score (nSPS) is 22.0. The lowest BCUT2D eigenvalue weighted by atomic mass is 9.71. The van der Waals surface area contributed by atoms with Crippen molar-refractivity contribution in [3.63, 3.8) is 0 Å². The molecule has 2 N–H and O–H groups in total. The number of hydrogen-bond acceptors (Lipinski definition) is 4. The van der Waals surface area contributed by atoms with Gasteiger partial charge in [0.2, 0.25) is 0 Å². The van der Waals surface area contributed by atoms with Gasteiger partial charge in [0.15, 0.2) is 0 Å². The van der Waals surface area contributed by atoms with Crippen molar-refractivity contribution >= 4 is 17.7 Å². The Morgan fingerprint density at radius 3 is 2.76 bits per heavy atom. The highest BCUT2D eigenvalue weighted by Crippen LogP contribution is 2.42. The fourth-order valence-corrected chi connectivity index (χ4v) is 3.63. The number of fused-ring (bicyclic) bond motifs is 1. The minimum Gasteiger partial charge on any atom is -0.495 e. The third-order valence-corrected chi connectivity index (χ3v) is 5.02. The van der Waals surface area contributed by atoms with Gasteiger partial charge in [-0.25, -0.2) is 4.79 Å². The average Bonchev–Trinajstić information content (AvgIpc) is 2.64. The van der Waals surface area contributed by atoms with Gasteiger partial charge >= 0.3 is 6.09 Å². The average molecular weight is 362 g/mol. The predicted octanol–water partition coefficient (Wildman–Crippen LogP) is 3.26. The summed E-state index contributed by atoms with van der Waals surface area (Å²) >= 11 is 6.13. The van der Waals surface area contributed by atoms with Crippen LogP contribution in [0.25, 0.3) is 0 Å². The van der Waals surface area contributed by atoms with Crippen LogP contribution in [0.1, 0.15) is 23.1 Å². The molecule has 5 nitrogen and oxygen atoms in total. The monoisotopic (exact) mass is 361 g/mol. The quantitative estimate of drug-likeness (QED) is 0.880. The topological polar surface area (TPSA) is 67.8 Å². The van der Waals surface area contributed by atoms with Gasteiger partial charge in [-0.1, -0.05) is 41.9 Å². The molecule has 0 fully saturated rings. The molecule has 2 aromatic rings. The summed E-state index contributed by atoms with van der Waals surface area (Å²) in [4.78, 5) is 11.8. The second kappa shape index (κ2) is 6.94. The zero-order chi connectivity index (χ0) is 18.0. The highest BCUT2D eigenvalue weighted by atomic mass is 35.5. The molecule has 0 spiro atoms. The number of halogens is 1. The van der Waals surface area contributed by atoms with Crippen LogP contribution in [0.5, 0.6) is 5.75 Å². The molecular weight excluding hydrogens is 342 g/mol. The van der Waals surface area contributed by atoms with Crippen LogP contribution in [-0.4, -0.2) is 31.5 Å². The van der Waals surface area contributed by atoms with E-state index in [2.05, 4.69) is 5.32 Å². The Morgan fingerprint density at radius 2 is 2.04 bits per heavy atom. The second-order valence-corrected chi connectivity index (χ2v) is 6.41. The molecule has 6 heteroatoms. The van der Waals surface area contributed by atoms with Gasteiger partial charge in [0.1, 0.15) is 11.4 Å². The van der Waals surface area contributed by atoms with Crippen LogP contribution >= 0.6 is 11.6 Å². The number of methoxy groups -OCH3 is 2. The maximum Gasteiger partial charge on any atom is 0.407 e. The SMILES string of the molecule is COC(=O)N[C@H]1CCc2ccccc2[C@]1(O)c1ccc(Cl)c(OC)c1. The number of amides is 1. The zero-order valence-electron chi connectivity index (χ0n) is 14.1. The number of ether oxygens (including phenoxy) is 2. The van der Waals surface area contributed by atoms with E-state index in [9.17, 15) is 9.90 Å². The summed E-state index contributed by atoms with van der Waals surface area (Å²) in [5.74, 6) is 0.465. The van der Waals surface area contributed by atoms with Crippen molar-refractivity contribution in [2.45, 2.75) is 24.5 Å². The number of aliphatic hydroxyl groups is 1. The van der Waals surface area contributed by atoms with Crippen LogP contribution in [0.4, 0.5) is 4.79 Å². The summed E-state index contributed by atoms with van der Waals surface area (Å²) < 4.78 is 10.0. The van der Waals surface area contributed by atoms with Crippen molar-refractivity contribution in [3.05, 3.63) is 64.2 Å². The zero-order valence-corrected chi connectivity index (χ0v) is 14.8. The van der Waals surface area contributed by atoms with E-state index in [1.807, 2.05) is 24.3 Å². The van der Waals surface area contributed by atoms with E-state index < -0.39 is 17.7 Å². The number of carbonyl (C=O) groups is 1. The molecule has 3 rings (SSSR count). The first-order valence-corrected chi connectivity index (χ1v) is 8.37. The van der Waals surface area contributed by atoms with Crippen molar-refractivity contribution in [2.75, 3.05) is 14.2 Å². The molecule has 25 heavy (non-hydrogen) atoms. The van der Waals surface area contributed by atoms with Crippen molar-refractivity contribution < 1.29 is 19.4 Å². The highest BCUT2D eigenvalue weighted by Gasteiger charge is 2.45. The maximum absolute atomic E-state index is 11.8. The molecule has 0 saturated heterocycles. The highest BCUT2D eigenvalue weighted by molar-refractivity contribution is 6.32. The first-order valence-electron chi connectivity index (χ1n) is 8.00. The number of hydrogen-bond donors (Lipinski definition) is 2. The number of alkyl carbamates (subject to hydrolysis) is 1. The van der Waals surface area contributed by atoms with Crippen molar-refractivity contribution in [1.82, 2.24) is 5.32 Å². The summed E-state index contributed by atoms with van der Waals surface area (Å²) in [6, 6.07) is 12.3. The molecule has 0 bridgehead atoms. The van der Waals surface area contributed by atoms with Crippen LogP contribution in [0, 0.1) is 0 Å². The lowest BCUT2D eigenvalue weighted by Crippen LogP contribution is -2.54. The summed E-state index contributed by atoms with van der Waals surface area (Å²) in [7, 11) is 2.82. The van der Waals surface area contributed by atoms with Crippen LogP contribution in [0.15, 0.2) is 42.5 Å². The van der Waals surface area contributed by atoms with Gasteiger partial charge in [0.25, 0.3) is 0 Å². The molecule has 132 valence electrons. The number of benzene rings is 2. The Kier molecular flexibility index (Phi) is 4.88. The van der Waals surface area contributed by atoms with Crippen LogP contribution in [-0.2, 0) is 16.8 Å². The van der Waals surface area contributed by atoms with E-state index in [0.29, 0.717) is 22.8 Å². The third-order valence-electron chi connectivity index (χ3n) is 4.70. The van der Waals surface area contributed by atoms with Gasteiger partial charge < -0.3 is 19.9 Å².